The van der Waals surface area contributed by atoms with Crippen LogP contribution in [0.2, 0.25) is 0 Å². The molecule has 0 aliphatic carbocycles. The van der Waals surface area contributed by atoms with E-state index in [1.807, 2.05) is 22.6 Å². The fourth-order valence-electron chi connectivity index (χ4n) is 2.68. The molecule has 3 aromatic rings. The molecule has 0 unspecified atom stereocenters. The van der Waals surface area contributed by atoms with Gasteiger partial charge in [-0.25, -0.2) is 8.78 Å². The fourth-order valence-corrected chi connectivity index (χ4v) is 3.13. The predicted octanol–water partition coefficient (Wildman–Crippen LogP) is 4.21. The van der Waals surface area contributed by atoms with Gasteiger partial charge in [0.05, 0.1) is 5.69 Å². The summed E-state index contributed by atoms with van der Waals surface area (Å²) in [5.74, 6) is -2.64. The number of halogens is 3. The van der Waals surface area contributed by atoms with E-state index in [-0.39, 0.29) is 28.6 Å². The van der Waals surface area contributed by atoms with E-state index in [2.05, 4.69) is 5.32 Å². The Morgan fingerprint density at radius 3 is 2.55 bits per heavy atom. The molecule has 9 heteroatoms. The number of amides is 1. The fraction of sp³-hybridized carbons (Fsp3) is 0.100. The van der Waals surface area contributed by atoms with E-state index >= 15 is 0 Å². The van der Waals surface area contributed by atoms with Crippen molar-refractivity contribution in [1.82, 2.24) is 4.57 Å². The molecular weight excluding hydrogens is 495 g/mol. The van der Waals surface area contributed by atoms with Gasteiger partial charge in [0.15, 0.2) is 11.6 Å². The Bertz CT molecular complexity index is 1180. The van der Waals surface area contributed by atoms with Gasteiger partial charge in [-0.05, 0) is 59.3 Å². The molecule has 2 aromatic carbocycles. The normalized spacial score (nSPS) is 10.7. The van der Waals surface area contributed by atoms with Crippen molar-refractivity contribution in [3.8, 4) is 11.5 Å². The van der Waals surface area contributed by atoms with Gasteiger partial charge in [-0.2, -0.15) is 0 Å². The van der Waals surface area contributed by atoms with Crippen LogP contribution < -0.4 is 21.3 Å². The lowest BCUT2D eigenvalue weighted by Gasteiger charge is -2.18. The predicted molar refractivity (Wildman–Crippen MR) is 114 cm³/mol. The van der Waals surface area contributed by atoms with Gasteiger partial charge in [0.25, 0.3) is 11.5 Å². The quantitative estimate of drug-likeness (QED) is 0.503. The molecule has 3 rings (SSSR count). The van der Waals surface area contributed by atoms with Gasteiger partial charge in [-0.1, -0.05) is 12.1 Å². The number of nitrogens with two attached hydrogens (primary N) is 1. The third-order valence-electron chi connectivity index (χ3n) is 4.21. The Morgan fingerprint density at radius 2 is 1.90 bits per heavy atom. The maximum absolute atomic E-state index is 14.3. The number of aromatic nitrogens is 1. The standard InChI is InChI=1S/C20H16F2IN3O3/c1-10-4-3-5-14(18(10)22)29-15-9-16(27)26(2)20(17(15)19(24)28)25-13-7-6-11(23)8-12(13)21/h3-9,25H,1-2H3,(H2,24,28). The number of hydrogen-bond acceptors (Lipinski definition) is 4. The SMILES string of the molecule is Cc1cccc(Oc2cc(=O)n(C)c(Nc3ccc(I)cc3F)c2C(N)=O)c1F. The van der Waals surface area contributed by atoms with E-state index in [4.69, 9.17) is 10.5 Å². The maximum atomic E-state index is 14.3. The Hall–Kier alpha value is -2.95. The number of rotatable bonds is 5. The average Bonchev–Trinajstić information content (AvgIpc) is 2.64. The molecule has 0 radical (unpaired) electrons. The van der Waals surface area contributed by atoms with Crippen LogP contribution in [0.15, 0.2) is 47.3 Å². The van der Waals surface area contributed by atoms with Gasteiger partial charge in [-0.15, -0.1) is 0 Å². The van der Waals surface area contributed by atoms with Crippen LogP contribution in [0.5, 0.6) is 11.5 Å². The zero-order valence-electron chi connectivity index (χ0n) is 15.4. The second kappa shape index (κ2) is 8.19. The van der Waals surface area contributed by atoms with Crippen LogP contribution in [-0.4, -0.2) is 10.5 Å². The van der Waals surface area contributed by atoms with E-state index in [1.165, 1.54) is 25.2 Å². The third-order valence-corrected chi connectivity index (χ3v) is 4.88. The highest BCUT2D eigenvalue weighted by Gasteiger charge is 2.22. The van der Waals surface area contributed by atoms with Crippen molar-refractivity contribution < 1.29 is 18.3 Å². The van der Waals surface area contributed by atoms with E-state index in [0.717, 1.165) is 10.6 Å². The van der Waals surface area contributed by atoms with Gasteiger partial charge in [-0.3, -0.25) is 14.2 Å². The number of primary amides is 1. The molecule has 0 spiro atoms. The molecule has 0 bridgehead atoms. The first-order valence-corrected chi connectivity index (χ1v) is 9.45. The number of pyridine rings is 1. The molecular formula is C20H16F2IN3O3. The molecule has 6 nitrogen and oxygen atoms in total. The first-order valence-electron chi connectivity index (χ1n) is 8.38. The second-order valence-electron chi connectivity index (χ2n) is 6.23. The molecule has 150 valence electrons. The summed E-state index contributed by atoms with van der Waals surface area (Å²) in [5, 5.41) is 2.72. The van der Waals surface area contributed by atoms with Gasteiger partial charge in [0, 0.05) is 16.7 Å². The summed E-state index contributed by atoms with van der Waals surface area (Å²) < 4.78 is 35.9. The lowest BCUT2D eigenvalue weighted by atomic mass is 10.2. The molecule has 0 saturated heterocycles. The van der Waals surface area contributed by atoms with Crippen LogP contribution in [0.4, 0.5) is 20.3 Å². The number of hydrogen-bond donors (Lipinski definition) is 2. The van der Waals surface area contributed by atoms with Crippen LogP contribution in [0.1, 0.15) is 15.9 Å². The molecule has 1 heterocycles. The summed E-state index contributed by atoms with van der Waals surface area (Å²) in [6.45, 7) is 1.55. The number of carbonyl (C=O) groups is 1. The summed E-state index contributed by atoms with van der Waals surface area (Å²) in [6.07, 6.45) is 0. The molecule has 29 heavy (non-hydrogen) atoms. The smallest absolute Gasteiger partial charge is 0.256 e. The molecule has 0 saturated carbocycles. The lowest BCUT2D eigenvalue weighted by Crippen LogP contribution is -2.25. The zero-order valence-corrected chi connectivity index (χ0v) is 17.6. The van der Waals surface area contributed by atoms with Crippen LogP contribution in [0.25, 0.3) is 0 Å². The van der Waals surface area contributed by atoms with Crippen LogP contribution in [0.3, 0.4) is 0 Å². The minimum Gasteiger partial charge on any atom is -0.453 e. The van der Waals surface area contributed by atoms with E-state index < -0.39 is 23.1 Å². The van der Waals surface area contributed by atoms with Crippen molar-refractivity contribution in [3.05, 3.63) is 79.1 Å². The van der Waals surface area contributed by atoms with Crippen molar-refractivity contribution in [2.45, 2.75) is 6.92 Å². The third kappa shape index (κ3) is 4.24. The number of carbonyl (C=O) groups excluding carboxylic acids is 1. The van der Waals surface area contributed by atoms with E-state index in [1.54, 1.807) is 25.1 Å². The zero-order chi connectivity index (χ0) is 21.3. The highest BCUT2D eigenvalue weighted by Crippen LogP contribution is 2.33. The Labute approximate surface area is 178 Å². The van der Waals surface area contributed by atoms with Gasteiger partial charge < -0.3 is 15.8 Å². The van der Waals surface area contributed by atoms with Gasteiger partial charge >= 0.3 is 0 Å². The number of aryl methyl sites for hydroxylation is 1. The minimum absolute atomic E-state index is 0.0294. The Kier molecular flexibility index (Phi) is 5.87. The maximum Gasteiger partial charge on any atom is 0.256 e. The highest BCUT2D eigenvalue weighted by molar-refractivity contribution is 14.1. The van der Waals surface area contributed by atoms with Crippen LogP contribution in [0, 0.1) is 22.1 Å². The highest BCUT2D eigenvalue weighted by atomic mass is 127. The summed E-state index contributed by atoms with van der Waals surface area (Å²) in [7, 11) is 1.39. The van der Waals surface area contributed by atoms with Crippen molar-refractivity contribution >= 4 is 40.0 Å². The second-order valence-corrected chi connectivity index (χ2v) is 7.48. The Balaban J connectivity index is 2.17. The molecule has 0 aliphatic rings. The largest absolute Gasteiger partial charge is 0.453 e. The van der Waals surface area contributed by atoms with Crippen LogP contribution >= 0.6 is 22.6 Å². The molecule has 0 fully saturated rings. The van der Waals surface area contributed by atoms with Gasteiger partial charge in [0.2, 0.25) is 0 Å². The summed E-state index contributed by atoms with van der Waals surface area (Å²) in [4.78, 5) is 24.6. The van der Waals surface area contributed by atoms with Crippen molar-refractivity contribution in [2.24, 2.45) is 12.8 Å². The topological polar surface area (TPSA) is 86.3 Å². The molecule has 1 aromatic heterocycles. The molecule has 1 amide bonds. The van der Waals surface area contributed by atoms with Crippen molar-refractivity contribution in [3.63, 3.8) is 0 Å². The number of nitrogens with zero attached hydrogens (tertiary/aromatic N) is 1. The first-order chi connectivity index (χ1) is 13.7. The number of anilines is 2. The van der Waals surface area contributed by atoms with E-state index in [9.17, 15) is 18.4 Å². The van der Waals surface area contributed by atoms with Crippen LogP contribution in [-0.2, 0) is 7.05 Å². The molecule has 0 aliphatic heterocycles. The number of benzene rings is 2. The number of ether oxygens (including phenoxy) is 1. The molecule has 0 atom stereocenters. The Morgan fingerprint density at radius 1 is 1.17 bits per heavy atom. The summed E-state index contributed by atoms with van der Waals surface area (Å²) in [5.41, 5.74) is 5.08. The van der Waals surface area contributed by atoms with Gasteiger partial charge in [0.1, 0.15) is 22.9 Å². The van der Waals surface area contributed by atoms with E-state index in [0.29, 0.717) is 9.13 Å². The first kappa shape index (κ1) is 20.8. The van der Waals surface area contributed by atoms with Crippen molar-refractivity contribution in [2.75, 3.05) is 5.32 Å². The van der Waals surface area contributed by atoms with Crippen molar-refractivity contribution in [1.29, 1.82) is 0 Å². The number of nitrogens with one attached hydrogen (secondary N) is 1. The average molecular weight is 511 g/mol. The minimum atomic E-state index is -0.933. The molecule has 3 N–H and O–H groups in total. The summed E-state index contributed by atoms with van der Waals surface area (Å²) in [6, 6.07) is 9.89. The summed E-state index contributed by atoms with van der Waals surface area (Å²) >= 11 is 1.95. The monoisotopic (exact) mass is 511 g/mol. The lowest BCUT2D eigenvalue weighted by molar-refractivity contribution is 0.0998.